The zero-order chi connectivity index (χ0) is 20.9. The molecular formula is C17H16F4N2O4S. The molecule has 0 aliphatic heterocycles. The lowest BCUT2D eigenvalue weighted by Gasteiger charge is -2.05. The molecule has 1 aliphatic carbocycles. The first-order chi connectivity index (χ1) is 13.1. The molecule has 1 aliphatic rings. The number of hydrogen-bond donors (Lipinski definition) is 3. The summed E-state index contributed by atoms with van der Waals surface area (Å²) in [5.74, 6) is -3.57. The van der Waals surface area contributed by atoms with Crippen LogP contribution in [0.4, 0.5) is 17.6 Å². The lowest BCUT2D eigenvalue weighted by atomic mass is 10.1. The fraction of sp³-hybridized carbons (Fsp3) is 0.353. The molecule has 0 radical (unpaired) electrons. The molecule has 2 aromatic rings. The molecule has 1 saturated carbocycles. The zero-order valence-electron chi connectivity index (χ0n) is 14.3. The van der Waals surface area contributed by atoms with E-state index in [0.29, 0.717) is 18.0 Å². The molecule has 3 rings (SSSR count). The zero-order valence-corrected chi connectivity index (χ0v) is 15.1. The van der Waals surface area contributed by atoms with Crippen molar-refractivity contribution < 1.29 is 37.4 Å². The lowest BCUT2D eigenvalue weighted by molar-refractivity contribution is -0.192. The van der Waals surface area contributed by atoms with E-state index in [-0.39, 0.29) is 12.1 Å². The van der Waals surface area contributed by atoms with Gasteiger partial charge in [0.05, 0.1) is 11.3 Å². The fourth-order valence-corrected chi connectivity index (χ4v) is 2.97. The molecule has 1 aromatic heterocycles. The van der Waals surface area contributed by atoms with Crippen LogP contribution < -0.4 is 5.32 Å². The van der Waals surface area contributed by atoms with Crippen molar-refractivity contribution in [2.24, 2.45) is 0 Å². The summed E-state index contributed by atoms with van der Waals surface area (Å²) in [6.07, 6.45) is -2.63. The van der Waals surface area contributed by atoms with Gasteiger partial charge in [0.1, 0.15) is 10.8 Å². The summed E-state index contributed by atoms with van der Waals surface area (Å²) in [5.41, 5.74) is 1.61. The van der Waals surface area contributed by atoms with E-state index in [4.69, 9.17) is 15.0 Å². The molecule has 0 bridgehead atoms. The monoisotopic (exact) mass is 420 g/mol. The van der Waals surface area contributed by atoms with Gasteiger partial charge >= 0.3 is 18.1 Å². The maximum atomic E-state index is 13.6. The third-order valence-electron chi connectivity index (χ3n) is 3.69. The highest BCUT2D eigenvalue weighted by molar-refractivity contribution is 7.09. The average molecular weight is 420 g/mol. The van der Waals surface area contributed by atoms with Crippen molar-refractivity contribution in [2.45, 2.75) is 38.0 Å². The highest BCUT2D eigenvalue weighted by Gasteiger charge is 2.38. The minimum Gasteiger partial charge on any atom is -0.478 e. The van der Waals surface area contributed by atoms with E-state index in [0.717, 1.165) is 10.7 Å². The van der Waals surface area contributed by atoms with Crippen LogP contribution >= 0.6 is 11.3 Å². The number of carboxylic acids is 2. The van der Waals surface area contributed by atoms with Gasteiger partial charge in [0.2, 0.25) is 0 Å². The Labute approximate surface area is 160 Å². The molecule has 152 valence electrons. The van der Waals surface area contributed by atoms with E-state index in [9.17, 15) is 22.4 Å². The van der Waals surface area contributed by atoms with E-state index in [1.165, 1.54) is 31.0 Å². The van der Waals surface area contributed by atoms with Crippen molar-refractivity contribution in [1.82, 2.24) is 10.3 Å². The van der Waals surface area contributed by atoms with Gasteiger partial charge in [-0.15, -0.1) is 11.3 Å². The third-order valence-corrected chi connectivity index (χ3v) is 4.56. The van der Waals surface area contributed by atoms with Crippen molar-refractivity contribution >= 4 is 23.3 Å². The summed E-state index contributed by atoms with van der Waals surface area (Å²) in [6.45, 7) is 0.847. The van der Waals surface area contributed by atoms with Crippen LogP contribution in [0.15, 0.2) is 23.6 Å². The molecule has 3 N–H and O–H groups in total. The molecule has 6 nitrogen and oxygen atoms in total. The first-order valence-electron chi connectivity index (χ1n) is 8.04. The fourth-order valence-electron chi connectivity index (χ4n) is 2.12. The second-order valence-electron chi connectivity index (χ2n) is 5.96. The Hall–Kier alpha value is -2.53. The largest absolute Gasteiger partial charge is 0.490 e. The SMILES string of the molecule is O=C(O)C(F)(F)F.O=C(O)c1ccc(F)c(CNCc2nc(C3CC3)cs2)c1. The standard InChI is InChI=1S/C15H15FN2O2S.C2HF3O2/c16-12-4-3-10(15(19)20)5-11(12)6-17-7-14-18-13(8-21-14)9-1-2-9;3-2(4,5)1(6)7/h3-5,8-9,17H,1-2,6-7H2,(H,19,20);(H,6,7). The Morgan fingerprint density at radius 1 is 1.21 bits per heavy atom. The van der Waals surface area contributed by atoms with Gasteiger partial charge in [-0.25, -0.2) is 19.0 Å². The number of aromatic nitrogens is 1. The highest BCUT2D eigenvalue weighted by Crippen LogP contribution is 2.40. The Morgan fingerprint density at radius 3 is 2.39 bits per heavy atom. The van der Waals surface area contributed by atoms with Gasteiger partial charge in [-0.05, 0) is 31.0 Å². The number of aliphatic carboxylic acids is 1. The van der Waals surface area contributed by atoms with Crippen LogP contribution in [0, 0.1) is 5.82 Å². The molecule has 0 amide bonds. The Balaban J connectivity index is 0.000000345. The van der Waals surface area contributed by atoms with Crippen LogP contribution in [0.5, 0.6) is 0 Å². The van der Waals surface area contributed by atoms with Crippen molar-refractivity contribution in [3.05, 3.63) is 51.2 Å². The molecule has 1 heterocycles. The molecular weight excluding hydrogens is 404 g/mol. The van der Waals surface area contributed by atoms with E-state index < -0.39 is 23.9 Å². The molecule has 28 heavy (non-hydrogen) atoms. The number of carbonyl (C=O) groups is 2. The molecule has 0 saturated heterocycles. The Kier molecular flexibility index (Phi) is 7.08. The van der Waals surface area contributed by atoms with Crippen LogP contribution in [-0.4, -0.2) is 33.3 Å². The number of aromatic carboxylic acids is 1. The van der Waals surface area contributed by atoms with Crippen LogP contribution in [0.25, 0.3) is 0 Å². The Bertz CT molecular complexity index is 850. The van der Waals surface area contributed by atoms with Crippen molar-refractivity contribution in [1.29, 1.82) is 0 Å². The number of nitrogens with zero attached hydrogens (tertiary/aromatic N) is 1. The topological polar surface area (TPSA) is 99.5 Å². The van der Waals surface area contributed by atoms with Crippen molar-refractivity contribution in [2.75, 3.05) is 0 Å². The van der Waals surface area contributed by atoms with Gasteiger partial charge in [0.25, 0.3) is 0 Å². The summed E-state index contributed by atoms with van der Waals surface area (Å²) in [6, 6.07) is 3.82. The third kappa shape index (κ3) is 6.57. The highest BCUT2D eigenvalue weighted by atomic mass is 32.1. The number of hydrogen-bond acceptors (Lipinski definition) is 5. The lowest BCUT2D eigenvalue weighted by Crippen LogP contribution is -2.21. The maximum absolute atomic E-state index is 13.6. The van der Waals surface area contributed by atoms with E-state index in [1.54, 1.807) is 11.3 Å². The van der Waals surface area contributed by atoms with Gasteiger partial charge in [0.15, 0.2) is 0 Å². The number of rotatable bonds is 6. The molecule has 0 atom stereocenters. The maximum Gasteiger partial charge on any atom is 0.490 e. The number of benzene rings is 1. The summed E-state index contributed by atoms with van der Waals surface area (Å²) in [5, 5.41) is 22.2. The minimum atomic E-state index is -5.08. The summed E-state index contributed by atoms with van der Waals surface area (Å²) in [4.78, 5) is 24.3. The molecule has 0 spiro atoms. The molecule has 1 fully saturated rings. The van der Waals surface area contributed by atoms with Crippen LogP contribution in [0.1, 0.15) is 45.4 Å². The predicted molar refractivity (Wildman–Crippen MR) is 91.7 cm³/mol. The first kappa shape index (κ1) is 21.8. The number of alkyl halides is 3. The second kappa shape index (κ2) is 9.11. The quantitative estimate of drug-likeness (QED) is 0.615. The summed E-state index contributed by atoms with van der Waals surface area (Å²) in [7, 11) is 0. The minimum absolute atomic E-state index is 0.0958. The van der Waals surface area contributed by atoms with E-state index >= 15 is 0 Å². The average Bonchev–Trinajstić information content (AvgIpc) is 3.35. The number of halogens is 4. The van der Waals surface area contributed by atoms with Crippen LogP contribution in [0.2, 0.25) is 0 Å². The van der Waals surface area contributed by atoms with Crippen molar-refractivity contribution in [3.63, 3.8) is 0 Å². The predicted octanol–water partition coefficient (Wildman–Crippen LogP) is 3.78. The number of carboxylic acid groups (broad SMARTS) is 2. The molecule has 0 unspecified atom stereocenters. The van der Waals surface area contributed by atoms with Gasteiger partial charge in [0, 0.05) is 30.0 Å². The van der Waals surface area contributed by atoms with E-state index in [2.05, 4.69) is 15.7 Å². The second-order valence-corrected chi connectivity index (χ2v) is 6.90. The summed E-state index contributed by atoms with van der Waals surface area (Å²) < 4.78 is 45.4. The van der Waals surface area contributed by atoms with Gasteiger partial charge in [-0.1, -0.05) is 0 Å². The van der Waals surface area contributed by atoms with Crippen LogP contribution in [0.3, 0.4) is 0 Å². The van der Waals surface area contributed by atoms with Gasteiger partial charge < -0.3 is 15.5 Å². The van der Waals surface area contributed by atoms with Crippen molar-refractivity contribution in [3.8, 4) is 0 Å². The Morgan fingerprint density at radius 2 is 1.86 bits per heavy atom. The normalized spacial score (nSPS) is 13.6. The molecule has 1 aromatic carbocycles. The van der Waals surface area contributed by atoms with Gasteiger partial charge in [-0.3, -0.25) is 0 Å². The van der Waals surface area contributed by atoms with Crippen LogP contribution in [-0.2, 0) is 17.9 Å². The smallest absolute Gasteiger partial charge is 0.478 e. The first-order valence-corrected chi connectivity index (χ1v) is 8.92. The molecule has 11 heteroatoms. The number of thiazole rings is 1. The van der Waals surface area contributed by atoms with E-state index in [1.807, 2.05) is 0 Å². The number of nitrogens with one attached hydrogen (secondary N) is 1. The van der Waals surface area contributed by atoms with Gasteiger partial charge in [-0.2, -0.15) is 13.2 Å². The summed E-state index contributed by atoms with van der Waals surface area (Å²) >= 11 is 1.60.